The van der Waals surface area contributed by atoms with Crippen molar-refractivity contribution in [3.63, 3.8) is 0 Å². The molecule has 26 heavy (non-hydrogen) atoms. The van der Waals surface area contributed by atoms with Crippen LogP contribution in [0, 0.1) is 5.92 Å². The molecule has 3 heterocycles. The second kappa shape index (κ2) is 8.53. The molecule has 8 heteroatoms. The van der Waals surface area contributed by atoms with Gasteiger partial charge >= 0.3 is 11.7 Å². The van der Waals surface area contributed by atoms with Gasteiger partial charge in [0.1, 0.15) is 5.52 Å². The number of fused-ring (bicyclic) bond motifs is 1. The molecule has 0 radical (unpaired) electrons. The Kier molecular flexibility index (Phi) is 6.13. The molecule has 0 aliphatic carbocycles. The summed E-state index contributed by atoms with van der Waals surface area (Å²) in [4.78, 5) is 26.2. The summed E-state index contributed by atoms with van der Waals surface area (Å²) in [7, 11) is 0. The molecule has 2 aromatic rings. The van der Waals surface area contributed by atoms with Gasteiger partial charge in [-0.2, -0.15) is 9.97 Å². The molecule has 1 aliphatic heterocycles. The van der Waals surface area contributed by atoms with E-state index in [2.05, 4.69) is 33.7 Å². The minimum absolute atomic E-state index is 0.185. The summed E-state index contributed by atoms with van der Waals surface area (Å²) in [5, 5.41) is 0. The SMILES string of the molecule is CCCCOc1nc(N)c2[nH]c(=O)n(CCC3CCCN(CC)C3)c2n1. The summed E-state index contributed by atoms with van der Waals surface area (Å²) < 4.78 is 7.26. The number of nitrogens with zero attached hydrogens (tertiary/aromatic N) is 4. The molecule has 1 atom stereocenters. The Morgan fingerprint density at radius 1 is 1.35 bits per heavy atom. The predicted molar refractivity (Wildman–Crippen MR) is 102 cm³/mol. The molecule has 3 rings (SSSR count). The van der Waals surface area contributed by atoms with Crippen LogP contribution in [0.15, 0.2) is 4.79 Å². The van der Waals surface area contributed by atoms with Crippen LogP contribution in [0.25, 0.3) is 11.2 Å². The van der Waals surface area contributed by atoms with Crippen LogP contribution >= 0.6 is 0 Å². The first-order valence-corrected chi connectivity index (χ1v) is 9.73. The third-order valence-electron chi connectivity index (χ3n) is 5.17. The highest BCUT2D eigenvalue weighted by Crippen LogP contribution is 2.22. The summed E-state index contributed by atoms with van der Waals surface area (Å²) in [5.74, 6) is 0.868. The number of piperidine rings is 1. The fraction of sp³-hybridized carbons (Fsp3) is 0.722. The molecule has 1 saturated heterocycles. The van der Waals surface area contributed by atoms with Crippen molar-refractivity contribution in [3.05, 3.63) is 10.5 Å². The van der Waals surface area contributed by atoms with E-state index >= 15 is 0 Å². The molecular weight excluding hydrogens is 332 g/mol. The number of hydrogen-bond acceptors (Lipinski definition) is 6. The van der Waals surface area contributed by atoms with Crippen LogP contribution in [-0.4, -0.2) is 50.7 Å². The first-order chi connectivity index (χ1) is 12.6. The fourth-order valence-corrected chi connectivity index (χ4v) is 3.60. The van der Waals surface area contributed by atoms with Crippen LogP contribution in [0.3, 0.4) is 0 Å². The van der Waals surface area contributed by atoms with Crippen molar-refractivity contribution in [1.82, 2.24) is 24.4 Å². The zero-order chi connectivity index (χ0) is 18.5. The third-order valence-corrected chi connectivity index (χ3v) is 5.17. The number of ether oxygens (including phenoxy) is 1. The number of nitrogen functional groups attached to an aromatic ring is 1. The molecule has 0 amide bonds. The van der Waals surface area contributed by atoms with E-state index in [0.29, 0.717) is 30.2 Å². The Hall–Kier alpha value is -2.09. The number of rotatable bonds is 8. The largest absolute Gasteiger partial charge is 0.463 e. The molecule has 0 aromatic carbocycles. The molecule has 0 saturated carbocycles. The Morgan fingerprint density at radius 3 is 2.96 bits per heavy atom. The van der Waals surface area contributed by atoms with E-state index in [0.717, 1.165) is 32.4 Å². The number of nitrogens with two attached hydrogens (primary N) is 1. The second-order valence-corrected chi connectivity index (χ2v) is 7.06. The van der Waals surface area contributed by atoms with Crippen molar-refractivity contribution in [2.45, 2.75) is 52.5 Å². The molecule has 1 unspecified atom stereocenters. The van der Waals surface area contributed by atoms with Crippen LogP contribution in [0.5, 0.6) is 6.01 Å². The van der Waals surface area contributed by atoms with Gasteiger partial charge in [0.2, 0.25) is 0 Å². The number of imidazole rings is 1. The number of aromatic nitrogens is 4. The van der Waals surface area contributed by atoms with E-state index in [4.69, 9.17) is 10.5 Å². The van der Waals surface area contributed by atoms with Crippen molar-refractivity contribution in [2.24, 2.45) is 5.92 Å². The standard InChI is InChI=1S/C18H30N6O2/c1-3-5-11-26-17-21-15(19)14-16(22-17)24(18(25)20-14)10-8-13-7-6-9-23(4-2)12-13/h13H,3-12H2,1-2H3,(H,20,25)(H2,19,21,22). The average Bonchev–Trinajstić information content (AvgIpc) is 2.96. The first-order valence-electron chi connectivity index (χ1n) is 9.73. The Balaban J connectivity index is 1.76. The normalized spacial score (nSPS) is 18.5. The molecule has 144 valence electrons. The number of anilines is 1. The van der Waals surface area contributed by atoms with Gasteiger partial charge in [-0.1, -0.05) is 20.3 Å². The average molecular weight is 362 g/mol. The van der Waals surface area contributed by atoms with Gasteiger partial charge in [-0.25, -0.2) is 4.79 Å². The molecule has 1 aliphatic rings. The highest BCUT2D eigenvalue weighted by Gasteiger charge is 2.20. The number of aryl methyl sites for hydroxylation is 1. The molecule has 2 aromatic heterocycles. The third kappa shape index (κ3) is 4.17. The zero-order valence-corrected chi connectivity index (χ0v) is 15.8. The van der Waals surface area contributed by atoms with Crippen molar-refractivity contribution in [3.8, 4) is 6.01 Å². The van der Waals surface area contributed by atoms with E-state index in [1.807, 2.05) is 0 Å². The van der Waals surface area contributed by atoms with Crippen molar-refractivity contribution >= 4 is 17.0 Å². The zero-order valence-electron chi connectivity index (χ0n) is 15.8. The Bertz CT molecular complexity index is 784. The van der Waals surface area contributed by atoms with Crippen LogP contribution in [-0.2, 0) is 6.54 Å². The van der Waals surface area contributed by atoms with Gasteiger partial charge in [-0.05, 0) is 44.7 Å². The first kappa shape index (κ1) is 18.7. The topological polar surface area (TPSA) is 102 Å². The van der Waals surface area contributed by atoms with Crippen LogP contribution in [0.4, 0.5) is 5.82 Å². The van der Waals surface area contributed by atoms with Gasteiger partial charge in [0.15, 0.2) is 11.5 Å². The quantitative estimate of drug-likeness (QED) is 0.697. The molecule has 0 bridgehead atoms. The number of H-pyrrole nitrogens is 1. The number of likely N-dealkylation sites (tertiary alicyclic amines) is 1. The van der Waals surface area contributed by atoms with Crippen molar-refractivity contribution in [2.75, 3.05) is 32.0 Å². The highest BCUT2D eigenvalue weighted by atomic mass is 16.5. The molecular formula is C18H30N6O2. The summed E-state index contributed by atoms with van der Waals surface area (Å²) in [6, 6.07) is 0.242. The highest BCUT2D eigenvalue weighted by molar-refractivity contribution is 5.81. The number of hydrogen-bond donors (Lipinski definition) is 2. The second-order valence-electron chi connectivity index (χ2n) is 7.06. The maximum atomic E-state index is 12.4. The molecule has 3 N–H and O–H groups in total. The maximum absolute atomic E-state index is 12.4. The van der Waals surface area contributed by atoms with Crippen LogP contribution < -0.4 is 16.2 Å². The molecule has 0 spiro atoms. The predicted octanol–water partition coefficient (Wildman–Crippen LogP) is 2.00. The lowest BCUT2D eigenvalue weighted by atomic mass is 9.95. The van der Waals surface area contributed by atoms with Crippen LogP contribution in [0.2, 0.25) is 0 Å². The van der Waals surface area contributed by atoms with Gasteiger partial charge in [-0.15, -0.1) is 0 Å². The van der Waals surface area contributed by atoms with E-state index < -0.39 is 0 Å². The van der Waals surface area contributed by atoms with Crippen molar-refractivity contribution < 1.29 is 4.74 Å². The van der Waals surface area contributed by atoms with Gasteiger partial charge in [0.05, 0.1) is 6.61 Å². The monoisotopic (exact) mass is 362 g/mol. The molecule has 8 nitrogen and oxygen atoms in total. The number of aromatic amines is 1. The van der Waals surface area contributed by atoms with E-state index in [1.54, 1.807) is 4.57 Å². The van der Waals surface area contributed by atoms with Gasteiger partial charge in [0, 0.05) is 13.1 Å². The summed E-state index contributed by atoms with van der Waals surface area (Å²) in [6.07, 6.45) is 5.36. The van der Waals surface area contributed by atoms with Gasteiger partial charge in [0.25, 0.3) is 0 Å². The van der Waals surface area contributed by atoms with Gasteiger partial charge in [-0.3, -0.25) is 4.57 Å². The Morgan fingerprint density at radius 2 is 2.19 bits per heavy atom. The smallest absolute Gasteiger partial charge is 0.327 e. The summed E-state index contributed by atoms with van der Waals surface area (Å²) in [5.41, 5.74) is 6.85. The van der Waals surface area contributed by atoms with Gasteiger partial charge < -0.3 is 20.4 Å². The fourth-order valence-electron chi connectivity index (χ4n) is 3.60. The van der Waals surface area contributed by atoms with Crippen molar-refractivity contribution in [1.29, 1.82) is 0 Å². The Labute approximate surface area is 153 Å². The summed E-state index contributed by atoms with van der Waals surface area (Å²) >= 11 is 0. The minimum Gasteiger partial charge on any atom is -0.463 e. The lowest BCUT2D eigenvalue weighted by Gasteiger charge is -2.31. The maximum Gasteiger partial charge on any atom is 0.327 e. The lowest BCUT2D eigenvalue weighted by molar-refractivity contribution is 0.172. The van der Waals surface area contributed by atoms with E-state index in [9.17, 15) is 4.79 Å². The summed E-state index contributed by atoms with van der Waals surface area (Å²) in [6.45, 7) is 8.85. The number of nitrogens with one attached hydrogen (secondary N) is 1. The lowest BCUT2D eigenvalue weighted by Crippen LogP contribution is -2.35. The van der Waals surface area contributed by atoms with Crippen LogP contribution in [0.1, 0.15) is 46.0 Å². The van der Waals surface area contributed by atoms with E-state index in [-0.39, 0.29) is 17.5 Å². The molecule has 1 fully saturated rings. The minimum atomic E-state index is -0.185. The number of unbranched alkanes of at least 4 members (excludes halogenated alkanes) is 1. The van der Waals surface area contributed by atoms with E-state index in [1.165, 1.54) is 19.4 Å².